The fourth-order valence-corrected chi connectivity index (χ4v) is 5.63. The molecule has 0 saturated heterocycles. The molecule has 1 heteroatoms. The Morgan fingerprint density at radius 1 is 1.12 bits per heavy atom. The summed E-state index contributed by atoms with van der Waals surface area (Å²) in [6, 6.07) is 10.9. The number of alkyl halides is 1. The topological polar surface area (TPSA) is 0 Å². The van der Waals surface area contributed by atoms with Crippen molar-refractivity contribution in [2.24, 2.45) is 17.3 Å². The van der Waals surface area contributed by atoms with E-state index in [1.165, 1.54) is 31.2 Å². The molecule has 4 rings (SSSR count). The molecule has 2 bridgehead atoms. The third-order valence-electron chi connectivity index (χ3n) is 5.36. The number of hydrogen-bond donors (Lipinski definition) is 0. The highest BCUT2D eigenvalue weighted by Gasteiger charge is 2.76. The van der Waals surface area contributed by atoms with Crippen molar-refractivity contribution in [3.8, 4) is 0 Å². The zero-order chi connectivity index (χ0) is 11.5. The van der Waals surface area contributed by atoms with Crippen molar-refractivity contribution in [2.75, 3.05) is 0 Å². The lowest BCUT2D eigenvalue weighted by atomic mass is 9.85. The van der Waals surface area contributed by atoms with Gasteiger partial charge in [-0.2, -0.15) is 0 Å². The van der Waals surface area contributed by atoms with Crippen LogP contribution in [0.1, 0.15) is 24.8 Å². The summed E-state index contributed by atoms with van der Waals surface area (Å²) in [5.41, 5.74) is 2.10. The van der Waals surface area contributed by atoms with Crippen LogP contribution in [0.4, 0.5) is 0 Å². The number of aryl methyl sites for hydroxylation is 1. The predicted molar refractivity (Wildman–Crippen MR) is 74.2 cm³/mol. The van der Waals surface area contributed by atoms with Crippen molar-refractivity contribution >= 4 is 15.9 Å². The largest absolute Gasteiger partial charge is 0.0845 e. The summed E-state index contributed by atoms with van der Waals surface area (Å²) in [4.78, 5) is 0. The smallest absolute Gasteiger partial charge is 0.0389 e. The first-order chi connectivity index (χ1) is 8.25. The first-order valence-electron chi connectivity index (χ1n) is 6.66. The van der Waals surface area contributed by atoms with Crippen LogP contribution in [0, 0.1) is 17.3 Å². The van der Waals surface area contributed by atoms with Gasteiger partial charge in [-0.05, 0) is 48.5 Å². The highest BCUT2D eigenvalue weighted by Crippen LogP contribution is 2.80. The number of halogens is 1. The molecule has 4 unspecified atom stereocenters. The molecule has 0 spiro atoms. The molecule has 0 aromatic heterocycles. The summed E-state index contributed by atoms with van der Waals surface area (Å²) in [5.74, 6) is 1.68. The Kier molecular flexibility index (Phi) is 1.99. The van der Waals surface area contributed by atoms with Crippen molar-refractivity contribution in [3.63, 3.8) is 0 Å². The van der Waals surface area contributed by atoms with Gasteiger partial charge in [0.2, 0.25) is 0 Å². The van der Waals surface area contributed by atoms with Gasteiger partial charge in [0.05, 0.1) is 0 Å². The van der Waals surface area contributed by atoms with Gasteiger partial charge in [0.15, 0.2) is 0 Å². The van der Waals surface area contributed by atoms with Gasteiger partial charge in [-0.3, -0.25) is 0 Å². The molecule has 3 aliphatic carbocycles. The monoisotopic (exact) mass is 288 g/mol. The lowest BCUT2D eigenvalue weighted by Gasteiger charge is -2.23. The number of hydrogen-bond acceptors (Lipinski definition) is 0. The molecule has 88 valence electrons. The second-order valence-electron chi connectivity index (χ2n) is 6.01. The van der Waals surface area contributed by atoms with Gasteiger partial charge >= 0.3 is 0 Å². The molecular weight excluding hydrogens is 272 g/mol. The van der Waals surface area contributed by atoms with Crippen molar-refractivity contribution in [3.05, 3.63) is 48.0 Å². The van der Waals surface area contributed by atoms with E-state index < -0.39 is 0 Å². The van der Waals surface area contributed by atoms with E-state index in [-0.39, 0.29) is 0 Å². The quantitative estimate of drug-likeness (QED) is 0.573. The number of rotatable bonds is 3. The summed E-state index contributed by atoms with van der Waals surface area (Å²) < 4.78 is 0.480. The molecular formula is C16H17Br. The molecule has 2 saturated carbocycles. The fraction of sp³-hybridized carbons (Fsp3) is 0.500. The van der Waals surface area contributed by atoms with E-state index in [4.69, 9.17) is 0 Å². The predicted octanol–water partition coefficient (Wildman–Crippen LogP) is 4.35. The van der Waals surface area contributed by atoms with Crippen molar-refractivity contribution in [1.82, 2.24) is 0 Å². The Hall–Kier alpha value is -0.560. The number of fused-ring (bicyclic) bond motifs is 5. The van der Waals surface area contributed by atoms with Crippen molar-refractivity contribution < 1.29 is 0 Å². The van der Waals surface area contributed by atoms with Gasteiger partial charge < -0.3 is 0 Å². The van der Waals surface area contributed by atoms with Gasteiger partial charge in [0, 0.05) is 4.32 Å². The first kappa shape index (κ1) is 10.4. The van der Waals surface area contributed by atoms with E-state index in [9.17, 15) is 0 Å². The third-order valence-corrected chi connectivity index (χ3v) is 7.02. The summed E-state index contributed by atoms with van der Waals surface area (Å²) >= 11 is 4.05. The maximum atomic E-state index is 4.05. The average molecular weight is 289 g/mol. The van der Waals surface area contributed by atoms with E-state index in [1.54, 1.807) is 0 Å². The molecule has 0 nitrogen and oxygen atoms in total. The summed E-state index contributed by atoms with van der Waals surface area (Å²) in [6.07, 6.45) is 10.3. The van der Waals surface area contributed by atoms with Gasteiger partial charge in [0.25, 0.3) is 0 Å². The maximum absolute atomic E-state index is 4.05. The standard InChI is InChI=1S/C16H17Br/c17-16-11-15(16,13-6-7-14(16)10-13)9-8-12-4-2-1-3-5-12/h1-7,13-14H,8-11H2. The summed E-state index contributed by atoms with van der Waals surface area (Å²) in [7, 11) is 0. The van der Waals surface area contributed by atoms with Gasteiger partial charge in [-0.15, -0.1) is 0 Å². The maximum Gasteiger partial charge on any atom is 0.0389 e. The Bertz CT molecular complexity index is 478. The first-order valence-corrected chi connectivity index (χ1v) is 7.45. The van der Waals surface area contributed by atoms with Gasteiger partial charge in [-0.25, -0.2) is 0 Å². The molecule has 3 aliphatic rings. The average Bonchev–Trinajstić information content (AvgIpc) is 2.73. The van der Waals surface area contributed by atoms with Crippen molar-refractivity contribution in [1.29, 1.82) is 0 Å². The van der Waals surface area contributed by atoms with Crippen LogP contribution in [-0.4, -0.2) is 4.32 Å². The Balaban J connectivity index is 1.53. The minimum Gasteiger partial charge on any atom is -0.0845 e. The summed E-state index contributed by atoms with van der Waals surface area (Å²) in [6.45, 7) is 0. The van der Waals surface area contributed by atoms with E-state index >= 15 is 0 Å². The molecule has 0 radical (unpaired) electrons. The van der Waals surface area contributed by atoms with Gasteiger partial charge in [0.1, 0.15) is 0 Å². The van der Waals surface area contributed by atoms with Gasteiger partial charge in [-0.1, -0.05) is 58.4 Å². The molecule has 0 amide bonds. The Labute approximate surface area is 111 Å². The van der Waals surface area contributed by atoms with Crippen LogP contribution in [0.3, 0.4) is 0 Å². The summed E-state index contributed by atoms with van der Waals surface area (Å²) in [5, 5.41) is 0. The second kappa shape index (κ2) is 3.26. The van der Waals surface area contributed by atoms with Crippen LogP contribution in [-0.2, 0) is 6.42 Å². The van der Waals surface area contributed by atoms with E-state index in [0.717, 1.165) is 11.8 Å². The minimum absolute atomic E-state index is 0.480. The molecule has 0 heterocycles. The molecule has 1 aromatic carbocycles. The Morgan fingerprint density at radius 2 is 1.88 bits per heavy atom. The molecule has 17 heavy (non-hydrogen) atoms. The molecule has 1 aromatic rings. The normalized spacial score (nSPS) is 45.0. The van der Waals surface area contributed by atoms with Crippen LogP contribution in [0.5, 0.6) is 0 Å². The molecule has 0 aliphatic heterocycles. The van der Waals surface area contributed by atoms with E-state index in [2.05, 4.69) is 58.4 Å². The highest BCUT2D eigenvalue weighted by atomic mass is 79.9. The van der Waals surface area contributed by atoms with E-state index in [1.807, 2.05) is 0 Å². The van der Waals surface area contributed by atoms with Crippen molar-refractivity contribution in [2.45, 2.75) is 30.0 Å². The minimum atomic E-state index is 0.480. The molecule has 0 N–H and O–H groups in total. The lowest BCUT2D eigenvalue weighted by molar-refractivity contribution is 0.371. The fourth-order valence-electron chi connectivity index (χ4n) is 4.30. The Morgan fingerprint density at radius 3 is 2.59 bits per heavy atom. The zero-order valence-electron chi connectivity index (χ0n) is 9.90. The number of benzene rings is 1. The second-order valence-corrected chi connectivity index (χ2v) is 7.43. The molecule has 4 atom stereocenters. The lowest BCUT2D eigenvalue weighted by Crippen LogP contribution is -2.19. The SMILES string of the molecule is BrC12CC1(CCc1ccccc1)C1C=CC2C1. The van der Waals surface area contributed by atoms with Crippen LogP contribution in [0.2, 0.25) is 0 Å². The van der Waals surface area contributed by atoms with E-state index in [0.29, 0.717) is 9.74 Å². The highest BCUT2D eigenvalue weighted by molar-refractivity contribution is 9.10. The van der Waals surface area contributed by atoms with Crippen LogP contribution < -0.4 is 0 Å². The van der Waals surface area contributed by atoms with Crippen LogP contribution in [0.15, 0.2) is 42.5 Å². The van der Waals surface area contributed by atoms with Crippen LogP contribution in [0.25, 0.3) is 0 Å². The molecule has 2 fully saturated rings. The number of allylic oxidation sites excluding steroid dienone is 2. The third kappa shape index (κ3) is 1.24. The van der Waals surface area contributed by atoms with Crippen LogP contribution >= 0.6 is 15.9 Å². The zero-order valence-corrected chi connectivity index (χ0v) is 11.5.